The first-order valence-corrected chi connectivity index (χ1v) is 8.09. The van der Waals surface area contributed by atoms with Gasteiger partial charge in [-0.15, -0.1) is 0 Å². The molecule has 1 aromatic heterocycles. The van der Waals surface area contributed by atoms with Crippen LogP contribution in [-0.2, 0) is 16.4 Å². The maximum atomic E-state index is 12.0. The van der Waals surface area contributed by atoms with Crippen LogP contribution in [0.5, 0.6) is 0 Å². The summed E-state index contributed by atoms with van der Waals surface area (Å²) in [4.78, 5) is 4.37. The summed E-state index contributed by atoms with van der Waals surface area (Å²) in [7, 11) is -3.49. The molecule has 0 spiro atoms. The molecule has 0 saturated carbocycles. The first kappa shape index (κ1) is 15.0. The summed E-state index contributed by atoms with van der Waals surface area (Å²) in [6.45, 7) is 0.366. The van der Waals surface area contributed by atoms with E-state index < -0.39 is 10.0 Å². The largest absolute Gasteiger partial charge is 0.261 e. The minimum Gasteiger partial charge on any atom is -0.261 e. The normalized spacial score (nSPS) is 11.4. The van der Waals surface area contributed by atoms with Gasteiger partial charge >= 0.3 is 0 Å². The van der Waals surface area contributed by atoms with E-state index in [4.69, 9.17) is 11.6 Å². The van der Waals surface area contributed by atoms with E-state index in [1.54, 1.807) is 18.3 Å². The van der Waals surface area contributed by atoms with E-state index in [1.807, 2.05) is 18.2 Å². The number of rotatable bonds is 6. The fraction of sp³-hybridized carbons (Fsp3) is 0.214. The summed E-state index contributed by atoms with van der Waals surface area (Å²) in [5.41, 5.74) is 0.953. The van der Waals surface area contributed by atoms with Crippen LogP contribution in [0.3, 0.4) is 0 Å². The first-order valence-electron chi connectivity index (χ1n) is 6.23. The molecule has 0 amide bonds. The molecule has 1 N–H and O–H groups in total. The highest BCUT2D eigenvalue weighted by Gasteiger charge is 2.13. The maximum Gasteiger partial charge on any atom is 0.240 e. The van der Waals surface area contributed by atoms with Gasteiger partial charge in [0.05, 0.1) is 4.90 Å². The van der Waals surface area contributed by atoms with Crippen molar-refractivity contribution in [2.75, 3.05) is 6.54 Å². The molecule has 1 heterocycles. The van der Waals surface area contributed by atoms with E-state index in [0.717, 1.165) is 12.1 Å². The first-order chi connectivity index (χ1) is 9.58. The Kier molecular flexibility index (Phi) is 5.11. The lowest BCUT2D eigenvalue weighted by Gasteiger charge is -2.06. The highest BCUT2D eigenvalue weighted by molar-refractivity contribution is 7.89. The van der Waals surface area contributed by atoms with Crippen LogP contribution in [0.2, 0.25) is 5.02 Å². The van der Waals surface area contributed by atoms with Gasteiger partial charge < -0.3 is 0 Å². The van der Waals surface area contributed by atoms with Crippen LogP contribution < -0.4 is 4.72 Å². The lowest BCUT2D eigenvalue weighted by molar-refractivity contribution is 0.578. The second-order valence-corrected chi connectivity index (χ2v) is 6.48. The number of hydrogen-bond donors (Lipinski definition) is 1. The van der Waals surface area contributed by atoms with Crippen molar-refractivity contribution in [3.8, 4) is 0 Å². The minimum absolute atomic E-state index is 0.183. The number of nitrogens with one attached hydrogen (secondary N) is 1. The van der Waals surface area contributed by atoms with Crippen LogP contribution in [0.25, 0.3) is 0 Å². The van der Waals surface area contributed by atoms with Crippen molar-refractivity contribution in [2.24, 2.45) is 0 Å². The third-order valence-electron chi connectivity index (χ3n) is 2.73. The second-order valence-electron chi connectivity index (χ2n) is 4.28. The van der Waals surface area contributed by atoms with Crippen molar-refractivity contribution in [3.63, 3.8) is 0 Å². The van der Waals surface area contributed by atoms with Crippen molar-refractivity contribution in [3.05, 3.63) is 59.4 Å². The van der Waals surface area contributed by atoms with Crippen LogP contribution in [0.15, 0.2) is 53.6 Å². The molecule has 0 fully saturated rings. The van der Waals surface area contributed by atoms with Gasteiger partial charge in [0.2, 0.25) is 10.0 Å². The van der Waals surface area contributed by atoms with Gasteiger partial charge in [0, 0.05) is 23.5 Å². The molecule has 2 rings (SSSR count). The summed E-state index contributed by atoms with van der Waals surface area (Å²) in [5.74, 6) is 0. The van der Waals surface area contributed by atoms with Gasteiger partial charge in [0.25, 0.3) is 0 Å². The Balaban J connectivity index is 1.87. The number of aryl methyl sites for hydroxylation is 1. The number of pyridine rings is 1. The Morgan fingerprint density at radius 3 is 2.70 bits per heavy atom. The Bertz CT molecular complexity index is 660. The van der Waals surface area contributed by atoms with Gasteiger partial charge in [0.15, 0.2) is 0 Å². The molecule has 0 bridgehead atoms. The minimum atomic E-state index is -3.49. The van der Waals surface area contributed by atoms with Crippen molar-refractivity contribution < 1.29 is 8.42 Å². The van der Waals surface area contributed by atoms with Crippen LogP contribution >= 0.6 is 11.6 Å². The lowest BCUT2D eigenvalue weighted by atomic mass is 10.2. The van der Waals surface area contributed by atoms with Gasteiger partial charge in [-0.25, -0.2) is 13.1 Å². The fourth-order valence-electron chi connectivity index (χ4n) is 1.74. The van der Waals surface area contributed by atoms with Gasteiger partial charge in [-0.05, 0) is 43.2 Å². The van der Waals surface area contributed by atoms with Crippen LogP contribution in [-0.4, -0.2) is 19.9 Å². The molecule has 4 nitrogen and oxygen atoms in total. The molecule has 0 aliphatic carbocycles. The summed E-state index contributed by atoms with van der Waals surface area (Å²) >= 11 is 5.79. The van der Waals surface area contributed by atoms with Crippen molar-refractivity contribution in [2.45, 2.75) is 17.7 Å². The third-order valence-corrected chi connectivity index (χ3v) is 4.43. The predicted octanol–water partition coefficient (Wildman–Crippen LogP) is 2.65. The topological polar surface area (TPSA) is 59.1 Å². The zero-order valence-corrected chi connectivity index (χ0v) is 12.4. The van der Waals surface area contributed by atoms with Crippen molar-refractivity contribution in [1.82, 2.24) is 9.71 Å². The smallest absolute Gasteiger partial charge is 0.240 e. The van der Waals surface area contributed by atoms with Crippen molar-refractivity contribution in [1.29, 1.82) is 0 Å². The highest BCUT2D eigenvalue weighted by atomic mass is 35.5. The molecule has 106 valence electrons. The van der Waals surface area contributed by atoms with Gasteiger partial charge in [-0.3, -0.25) is 4.98 Å². The number of sulfonamides is 1. The Morgan fingerprint density at radius 2 is 2.00 bits per heavy atom. The fourth-order valence-corrected chi connectivity index (χ4v) is 3.11. The average Bonchev–Trinajstić information content (AvgIpc) is 2.45. The molecule has 0 unspecified atom stereocenters. The molecule has 1 aromatic carbocycles. The van der Waals surface area contributed by atoms with E-state index >= 15 is 0 Å². The SMILES string of the molecule is O=S(=O)(NCCCc1ccccn1)c1cccc(Cl)c1. The molecule has 0 aliphatic heterocycles. The molecule has 0 aliphatic rings. The monoisotopic (exact) mass is 310 g/mol. The van der Waals surface area contributed by atoms with Crippen LogP contribution in [0, 0.1) is 0 Å². The van der Waals surface area contributed by atoms with E-state index in [1.165, 1.54) is 12.1 Å². The maximum absolute atomic E-state index is 12.0. The summed E-state index contributed by atoms with van der Waals surface area (Å²) < 4.78 is 26.6. The van der Waals surface area contributed by atoms with Crippen LogP contribution in [0.4, 0.5) is 0 Å². The Hall–Kier alpha value is -1.43. The molecular weight excluding hydrogens is 296 g/mol. The number of aromatic nitrogens is 1. The molecule has 0 atom stereocenters. The quantitative estimate of drug-likeness (QED) is 0.834. The van der Waals surface area contributed by atoms with Gasteiger partial charge in [-0.1, -0.05) is 23.7 Å². The zero-order chi connectivity index (χ0) is 14.4. The Morgan fingerprint density at radius 1 is 1.15 bits per heavy atom. The summed E-state index contributed by atoms with van der Waals surface area (Å²) in [6.07, 6.45) is 3.15. The third kappa shape index (κ3) is 4.30. The lowest BCUT2D eigenvalue weighted by Crippen LogP contribution is -2.25. The van der Waals surface area contributed by atoms with Gasteiger partial charge in [-0.2, -0.15) is 0 Å². The van der Waals surface area contributed by atoms with E-state index in [0.29, 0.717) is 18.0 Å². The summed E-state index contributed by atoms with van der Waals surface area (Å²) in [5, 5.41) is 0.404. The second kappa shape index (κ2) is 6.83. The number of halogens is 1. The molecular formula is C14H15ClN2O2S. The van der Waals surface area contributed by atoms with E-state index in [2.05, 4.69) is 9.71 Å². The number of nitrogens with zero attached hydrogens (tertiary/aromatic N) is 1. The summed E-state index contributed by atoms with van der Waals surface area (Å²) in [6, 6.07) is 11.9. The predicted molar refractivity (Wildman–Crippen MR) is 79.2 cm³/mol. The van der Waals surface area contributed by atoms with E-state index in [-0.39, 0.29) is 4.90 Å². The van der Waals surface area contributed by atoms with Crippen molar-refractivity contribution >= 4 is 21.6 Å². The van der Waals surface area contributed by atoms with Gasteiger partial charge in [0.1, 0.15) is 0 Å². The Labute approximate surface area is 123 Å². The standard InChI is InChI=1S/C14H15ClN2O2S/c15-12-5-3-8-14(11-12)20(18,19)17-10-4-7-13-6-1-2-9-16-13/h1-3,5-6,8-9,11,17H,4,7,10H2. The molecule has 2 aromatic rings. The van der Waals surface area contributed by atoms with Crippen LogP contribution in [0.1, 0.15) is 12.1 Å². The average molecular weight is 311 g/mol. The number of benzene rings is 1. The molecule has 0 saturated heterocycles. The zero-order valence-electron chi connectivity index (χ0n) is 10.8. The molecule has 6 heteroatoms. The van der Waals surface area contributed by atoms with E-state index in [9.17, 15) is 8.42 Å². The highest BCUT2D eigenvalue weighted by Crippen LogP contribution is 2.15. The molecule has 20 heavy (non-hydrogen) atoms. The molecule has 0 radical (unpaired) electrons. The number of hydrogen-bond acceptors (Lipinski definition) is 3.